The summed E-state index contributed by atoms with van der Waals surface area (Å²) in [6.07, 6.45) is 1.29. The van der Waals surface area contributed by atoms with Crippen LogP contribution in [0.15, 0.2) is 0 Å². The molecule has 0 aromatic heterocycles. The van der Waals surface area contributed by atoms with Gasteiger partial charge in [0.1, 0.15) is 18.3 Å². The number of hydrogen-bond acceptors (Lipinski definition) is 4. The van der Waals surface area contributed by atoms with Gasteiger partial charge in [-0.15, -0.1) is 0 Å². The van der Waals surface area contributed by atoms with Gasteiger partial charge in [-0.2, -0.15) is 0 Å². The molecule has 2 aliphatic heterocycles. The van der Waals surface area contributed by atoms with Gasteiger partial charge < -0.3 is 20.3 Å². The molecular formula is C11H17NO3. The number of aliphatic hydroxyl groups excluding tert-OH is 2. The van der Waals surface area contributed by atoms with Crippen molar-refractivity contribution < 1.29 is 14.9 Å². The Labute approximate surface area is 89.6 Å². The van der Waals surface area contributed by atoms with Crippen molar-refractivity contribution in [3.05, 3.63) is 0 Å². The Bertz CT molecular complexity index is 265. The maximum atomic E-state index is 9.49. The zero-order valence-electron chi connectivity index (χ0n) is 8.65. The normalized spacial score (nSPS) is 40.9. The third-order valence-corrected chi connectivity index (χ3v) is 2.86. The van der Waals surface area contributed by atoms with Crippen LogP contribution in [0, 0.1) is 11.8 Å². The Morgan fingerprint density at radius 2 is 2.07 bits per heavy atom. The minimum atomic E-state index is -0.860. The van der Waals surface area contributed by atoms with Crippen molar-refractivity contribution in [3.8, 4) is 11.8 Å². The minimum absolute atomic E-state index is 0.179. The fraction of sp³-hybridized carbons (Fsp3) is 0.818. The zero-order chi connectivity index (χ0) is 10.7. The number of nitrogens with one attached hydrogen (secondary N) is 1. The lowest BCUT2D eigenvalue weighted by molar-refractivity contribution is 0.0446. The Balaban J connectivity index is 1.87. The van der Waals surface area contributed by atoms with Crippen molar-refractivity contribution in [2.24, 2.45) is 0 Å². The first-order valence-electron chi connectivity index (χ1n) is 5.49. The Morgan fingerprint density at radius 1 is 1.20 bits per heavy atom. The molecule has 4 heteroatoms. The van der Waals surface area contributed by atoms with Gasteiger partial charge in [-0.1, -0.05) is 11.8 Å². The summed E-state index contributed by atoms with van der Waals surface area (Å²) in [4.78, 5) is 0. The second kappa shape index (κ2) is 4.95. The molecule has 4 atom stereocenters. The molecule has 15 heavy (non-hydrogen) atoms. The highest BCUT2D eigenvalue weighted by atomic mass is 16.5. The molecule has 2 aliphatic rings. The van der Waals surface area contributed by atoms with Crippen LogP contribution in [-0.2, 0) is 4.74 Å². The second-order valence-electron chi connectivity index (χ2n) is 4.10. The molecule has 4 unspecified atom stereocenters. The van der Waals surface area contributed by atoms with E-state index in [1.807, 2.05) is 0 Å². The lowest BCUT2D eigenvalue weighted by atomic mass is 10.0. The van der Waals surface area contributed by atoms with Crippen molar-refractivity contribution in [3.63, 3.8) is 0 Å². The predicted molar refractivity (Wildman–Crippen MR) is 55.2 cm³/mol. The minimum Gasteiger partial charge on any atom is -0.388 e. The average molecular weight is 211 g/mol. The Hall–Kier alpha value is -0.600. The first-order chi connectivity index (χ1) is 7.27. The molecule has 0 amide bonds. The first kappa shape index (κ1) is 10.9. The molecule has 0 saturated carbocycles. The van der Waals surface area contributed by atoms with Gasteiger partial charge in [0.05, 0.1) is 12.6 Å². The van der Waals surface area contributed by atoms with Crippen LogP contribution in [0.25, 0.3) is 0 Å². The van der Waals surface area contributed by atoms with E-state index in [1.165, 1.54) is 12.8 Å². The summed E-state index contributed by atoms with van der Waals surface area (Å²) >= 11 is 0. The summed E-state index contributed by atoms with van der Waals surface area (Å²) in [5.74, 6) is 5.94. The van der Waals surface area contributed by atoms with Crippen LogP contribution in [0.2, 0.25) is 0 Å². The van der Waals surface area contributed by atoms with Crippen LogP contribution in [0.1, 0.15) is 19.3 Å². The van der Waals surface area contributed by atoms with Gasteiger partial charge in [-0.3, -0.25) is 0 Å². The summed E-state index contributed by atoms with van der Waals surface area (Å²) in [6.45, 7) is 1.19. The number of piperidine rings is 1. The van der Waals surface area contributed by atoms with E-state index in [-0.39, 0.29) is 12.6 Å². The maximum Gasteiger partial charge on any atom is 0.146 e. The lowest BCUT2D eigenvalue weighted by Gasteiger charge is -2.18. The SMILES string of the molecule is OC1COC(C#CC2CCCCN2)C1O. The maximum absolute atomic E-state index is 9.49. The third kappa shape index (κ3) is 2.70. The molecule has 0 spiro atoms. The van der Waals surface area contributed by atoms with E-state index >= 15 is 0 Å². The number of rotatable bonds is 0. The molecule has 2 fully saturated rings. The van der Waals surface area contributed by atoms with E-state index in [0.29, 0.717) is 0 Å². The fourth-order valence-corrected chi connectivity index (χ4v) is 1.89. The van der Waals surface area contributed by atoms with Gasteiger partial charge in [-0.05, 0) is 25.8 Å². The first-order valence-corrected chi connectivity index (χ1v) is 5.49. The van der Waals surface area contributed by atoms with Crippen LogP contribution in [0.4, 0.5) is 0 Å². The van der Waals surface area contributed by atoms with Crippen molar-refractivity contribution >= 4 is 0 Å². The summed E-state index contributed by atoms with van der Waals surface area (Å²) in [6, 6.07) is 0.215. The van der Waals surface area contributed by atoms with E-state index in [2.05, 4.69) is 17.2 Å². The summed E-state index contributed by atoms with van der Waals surface area (Å²) in [5, 5.41) is 22.0. The number of hydrogen-bond donors (Lipinski definition) is 3. The Kier molecular flexibility index (Phi) is 3.60. The Morgan fingerprint density at radius 3 is 2.67 bits per heavy atom. The van der Waals surface area contributed by atoms with E-state index in [4.69, 9.17) is 4.74 Å². The van der Waals surface area contributed by atoms with Crippen LogP contribution in [0.5, 0.6) is 0 Å². The van der Waals surface area contributed by atoms with Crippen molar-refractivity contribution in [1.29, 1.82) is 0 Å². The number of aliphatic hydroxyl groups is 2. The largest absolute Gasteiger partial charge is 0.388 e. The highest BCUT2D eigenvalue weighted by molar-refractivity contribution is 5.15. The van der Waals surface area contributed by atoms with Crippen molar-refractivity contribution in [2.75, 3.05) is 13.2 Å². The topological polar surface area (TPSA) is 61.7 Å². The quantitative estimate of drug-likeness (QED) is 0.462. The van der Waals surface area contributed by atoms with E-state index in [0.717, 1.165) is 13.0 Å². The second-order valence-corrected chi connectivity index (χ2v) is 4.10. The zero-order valence-corrected chi connectivity index (χ0v) is 8.65. The molecule has 3 N–H and O–H groups in total. The smallest absolute Gasteiger partial charge is 0.146 e. The molecule has 2 heterocycles. The van der Waals surface area contributed by atoms with E-state index in [1.54, 1.807) is 0 Å². The van der Waals surface area contributed by atoms with Gasteiger partial charge in [0.2, 0.25) is 0 Å². The van der Waals surface area contributed by atoms with Crippen LogP contribution >= 0.6 is 0 Å². The fourth-order valence-electron chi connectivity index (χ4n) is 1.89. The molecule has 4 nitrogen and oxygen atoms in total. The molecule has 0 bridgehead atoms. The van der Waals surface area contributed by atoms with Crippen LogP contribution in [-0.4, -0.2) is 47.7 Å². The molecule has 0 aliphatic carbocycles. The molecular weight excluding hydrogens is 194 g/mol. The average Bonchev–Trinajstić information content (AvgIpc) is 2.59. The van der Waals surface area contributed by atoms with Gasteiger partial charge in [0.15, 0.2) is 0 Å². The molecule has 84 valence electrons. The highest BCUT2D eigenvalue weighted by Gasteiger charge is 2.33. The third-order valence-electron chi connectivity index (χ3n) is 2.86. The molecule has 0 radical (unpaired) electrons. The van der Waals surface area contributed by atoms with E-state index in [9.17, 15) is 10.2 Å². The van der Waals surface area contributed by atoms with Crippen molar-refractivity contribution in [2.45, 2.75) is 43.6 Å². The van der Waals surface area contributed by atoms with Gasteiger partial charge in [0.25, 0.3) is 0 Å². The molecule has 0 aromatic carbocycles. The molecule has 0 aromatic rings. The summed E-state index contributed by atoms with van der Waals surface area (Å²) in [7, 11) is 0. The summed E-state index contributed by atoms with van der Waals surface area (Å²) in [5.41, 5.74) is 0. The molecule has 2 rings (SSSR count). The summed E-state index contributed by atoms with van der Waals surface area (Å²) < 4.78 is 5.17. The number of ether oxygens (including phenoxy) is 1. The van der Waals surface area contributed by atoms with Gasteiger partial charge in [0, 0.05) is 0 Å². The van der Waals surface area contributed by atoms with Crippen molar-refractivity contribution in [1.82, 2.24) is 5.32 Å². The van der Waals surface area contributed by atoms with Crippen LogP contribution < -0.4 is 5.32 Å². The highest BCUT2D eigenvalue weighted by Crippen LogP contribution is 2.13. The molecule has 2 saturated heterocycles. The predicted octanol–water partition coefficient (Wildman–Crippen LogP) is -0.747. The van der Waals surface area contributed by atoms with E-state index < -0.39 is 18.3 Å². The van der Waals surface area contributed by atoms with Gasteiger partial charge in [-0.25, -0.2) is 0 Å². The van der Waals surface area contributed by atoms with Crippen LogP contribution in [0.3, 0.4) is 0 Å². The lowest BCUT2D eigenvalue weighted by Crippen LogP contribution is -2.33. The monoisotopic (exact) mass is 211 g/mol. The standard InChI is InChI=1S/C11H17NO3/c13-9-7-15-10(11(9)14)5-4-8-3-1-2-6-12-8/h8-14H,1-3,6-7H2. The van der Waals surface area contributed by atoms with Gasteiger partial charge >= 0.3 is 0 Å².